The van der Waals surface area contributed by atoms with Crippen molar-refractivity contribution < 1.29 is 26.3 Å². The summed E-state index contributed by atoms with van der Waals surface area (Å²) in [5.41, 5.74) is 3.73. The van der Waals surface area contributed by atoms with Crippen molar-refractivity contribution in [1.29, 1.82) is 0 Å². The molecule has 0 radical (unpaired) electrons. The molecule has 5 aromatic heterocycles. The van der Waals surface area contributed by atoms with Gasteiger partial charge in [0.2, 0.25) is 0 Å². The minimum atomic E-state index is -0.688. The number of nitrogens with zero attached hydrogens (tertiary/aromatic N) is 5. The van der Waals surface area contributed by atoms with E-state index in [1.807, 2.05) is 114 Å². The van der Waals surface area contributed by atoms with Gasteiger partial charge in [-0.3, -0.25) is 9.13 Å². The van der Waals surface area contributed by atoms with E-state index >= 15 is 0 Å². The third-order valence-corrected chi connectivity index (χ3v) is 12.0. The predicted molar refractivity (Wildman–Crippen MR) is 263 cm³/mol. The first kappa shape index (κ1) is 22.9. The SMILES string of the molecule is [2H]c1c([2H])c([2H])c2c(c1[2H])c1c([2H])c([2H])c([2H])c([2H])c1n2-c1cc(-n2c3c([2H])c([2H])c([2H])c([2H])c3c3c([2H])c([2H])c([2H])c([2H])c32)nc(-c2c(-c3ccc4oc5ccccc5c4c3)cccc2-n2c3ccccc3c3ccccc32)n1. The molecule has 0 bridgehead atoms. The lowest BCUT2D eigenvalue weighted by Crippen LogP contribution is -2.08. The van der Waals surface area contributed by atoms with E-state index < -0.39 is 96.7 Å². The van der Waals surface area contributed by atoms with Gasteiger partial charge in [0, 0.05) is 49.2 Å². The van der Waals surface area contributed by atoms with Crippen molar-refractivity contribution in [3.8, 4) is 39.8 Å². The van der Waals surface area contributed by atoms with Gasteiger partial charge in [-0.15, -0.1) is 0 Å². The van der Waals surface area contributed by atoms with Crippen molar-refractivity contribution >= 4 is 87.4 Å². The van der Waals surface area contributed by atoms with Gasteiger partial charge in [0.1, 0.15) is 22.8 Å². The highest BCUT2D eigenvalue weighted by Crippen LogP contribution is 2.43. The van der Waals surface area contributed by atoms with Crippen LogP contribution in [-0.2, 0) is 0 Å². The van der Waals surface area contributed by atoms with E-state index in [1.54, 1.807) is 0 Å². The minimum Gasteiger partial charge on any atom is -0.456 e. The fourth-order valence-corrected chi connectivity index (χ4v) is 9.34. The van der Waals surface area contributed by atoms with Gasteiger partial charge < -0.3 is 8.98 Å². The molecule has 5 heterocycles. The van der Waals surface area contributed by atoms with Crippen LogP contribution in [0.25, 0.3) is 127 Å². The summed E-state index contributed by atoms with van der Waals surface area (Å²) in [5.74, 6) is -0.637. The molecule has 0 aliphatic carbocycles. The Morgan fingerprint density at radius 2 is 0.859 bits per heavy atom. The monoisotopic (exact) mass is 833 g/mol. The van der Waals surface area contributed by atoms with Gasteiger partial charge >= 0.3 is 0 Å². The summed E-state index contributed by atoms with van der Waals surface area (Å²) in [4.78, 5) is 10.6. The molecule has 64 heavy (non-hydrogen) atoms. The third-order valence-electron chi connectivity index (χ3n) is 12.0. The van der Waals surface area contributed by atoms with Crippen molar-refractivity contribution in [2.45, 2.75) is 0 Å². The highest BCUT2D eigenvalue weighted by Gasteiger charge is 2.25. The Hall–Kier alpha value is -8.74. The van der Waals surface area contributed by atoms with Crippen LogP contribution in [0, 0.1) is 0 Å². The molecule has 0 aliphatic heterocycles. The fraction of sp³-hybridized carbons (Fsp3) is 0. The second kappa shape index (κ2) is 13.4. The molecule has 0 atom stereocenters. The molecule has 6 nitrogen and oxygen atoms in total. The molecule has 9 aromatic carbocycles. The molecular formula is C58H35N5O. The first-order chi connectivity index (χ1) is 38.4. The van der Waals surface area contributed by atoms with Gasteiger partial charge in [-0.25, -0.2) is 9.97 Å². The summed E-state index contributed by atoms with van der Waals surface area (Å²) >= 11 is 0. The Kier molecular flexibility index (Phi) is 4.79. The molecule has 0 spiro atoms. The molecule has 6 heteroatoms. The largest absolute Gasteiger partial charge is 0.456 e. The Labute approximate surface area is 388 Å². The zero-order valence-electron chi connectivity index (χ0n) is 49.1. The molecule has 0 fully saturated rings. The van der Waals surface area contributed by atoms with Crippen LogP contribution in [-0.4, -0.2) is 23.7 Å². The standard InChI is InChI=1S/C58H35N5O/c1-8-24-46-38(16-1)39-17-2-9-25-47(39)61(46)52-30-15-23-37(36-32-33-54-45(34-36)44-22-7-14-31-53(44)64-54)57(52)58-59-55(62-48-26-10-3-18-40(48)41-19-4-11-27-49(41)62)35-56(60-58)63-50-28-12-5-20-42(50)43-21-6-13-29-51(43)63/h1-35H/i3D,4D,5D,6D,10D,11D,12D,13D,18D,19D,20D,21D,26D,27D,28D,29D. The lowest BCUT2D eigenvalue weighted by atomic mass is 9.95. The number of benzene rings is 9. The van der Waals surface area contributed by atoms with Gasteiger partial charge in [-0.2, -0.15) is 0 Å². The molecule has 14 aromatic rings. The van der Waals surface area contributed by atoms with Gasteiger partial charge in [0.15, 0.2) is 5.82 Å². The van der Waals surface area contributed by atoms with E-state index in [2.05, 4.69) is 0 Å². The number of fused-ring (bicyclic) bond motifs is 12. The normalized spacial score (nSPS) is 15.6. The zero-order chi connectivity index (χ0) is 55.8. The summed E-state index contributed by atoms with van der Waals surface area (Å²) in [6.45, 7) is 0. The quantitative estimate of drug-likeness (QED) is 0.174. The first-order valence-electron chi connectivity index (χ1n) is 28.4. The van der Waals surface area contributed by atoms with Crippen molar-refractivity contribution in [1.82, 2.24) is 23.7 Å². The molecule has 0 saturated carbocycles. The topological polar surface area (TPSA) is 53.7 Å². The van der Waals surface area contributed by atoms with Crippen LogP contribution < -0.4 is 0 Å². The Balaban J connectivity index is 1.24. The number of aromatic nitrogens is 5. The maximum absolute atomic E-state index is 9.50. The van der Waals surface area contributed by atoms with E-state index in [-0.39, 0.29) is 61.1 Å². The lowest BCUT2D eigenvalue weighted by Gasteiger charge is -2.19. The zero-order valence-corrected chi connectivity index (χ0v) is 33.1. The third kappa shape index (κ3) is 4.96. The van der Waals surface area contributed by atoms with Crippen molar-refractivity contribution in [3.63, 3.8) is 0 Å². The number of rotatable bonds is 5. The summed E-state index contributed by atoms with van der Waals surface area (Å²) in [7, 11) is 0. The number of hydrogen-bond acceptors (Lipinski definition) is 3. The van der Waals surface area contributed by atoms with Crippen LogP contribution in [0.4, 0.5) is 0 Å². The number of para-hydroxylation sites is 7. The van der Waals surface area contributed by atoms with Gasteiger partial charge in [-0.05, 0) is 71.7 Å². The van der Waals surface area contributed by atoms with Crippen molar-refractivity contribution in [3.05, 3.63) is 212 Å². The second-order valence-corrected chi connectivity index (χ2v) is 15.4. The fourth-order valence-electron chi connectivity index (χ4n) is 9.34. The molecule has 0 N–H and O–H groups in total. The van der Waals surface area contributed by atoms with E-state index in [0.717, 1.165) is 32.6 Å². The molecule has 298 valence electrons. The summed E-state index contributed by atoms with van der Waals surface area (Å²) in [6.07, 6.45) is 0. The van der Waals surface area contributed by atoms with Gasteiger partial charge in [0.25, 0.3) is 0 Å². The number of furan rings is 1. The molecule has 0 saturated heterocycles. The lowest BCUT2D eigenvalue weighted by molar-refractivity contribution is 0.669. The van der Waals surface area contributed by atoms with E-state index in [1.165, 1.54) is 15.2 Å². The average molecular weight is 834 g/mol. The second-order valence-electron chi connectivity index (χ2n) is 15.4. The Bertz CT molecular complexity index is 4790. The van der Waals surface area contributed by atoms with Gasteiger partial charge in [0.05, 0.1) is 66.3 Å². The van der Waals surface area contributed by atoms with Crippen LogP contribution in [0.5, 0.6) is 0 Å². The van der Waals surface area contributed by atoms with Crippen LogP contribution in [0.1, 0.15) is 21.9 Å². The maximum Gasteiger partial charge on any atom is 0.166 e. The first-order valence-corrected chi connectivity index (χ1v) is 20.4. The van der Waals surface area contributed by atoms with E-state index in [4.69, 9.17) is 25.4 Å². The molecular weight excluding hydrogens is 783 g/mol. The van der Waals surface area contributed by atoms with Crippen LogP contribution in [0.2, 0.25) is 0 Å². The Morgan fingerprint density at radius 1 is 0.375 bits per heavy atom. The maximum atomic E-state index is 9.50. The summed E-state index contributed by atoms with van der Waals surface area (Å²) in [5, 5.41) is 2.46. The van der Waals surface area contributed by atoms with Crippen LogP contribution in [0.3, 0.4) is 0 Å². The Morgan fingerprint density at radius 3 is 1.42 bits per heavy atom. The van der Waals surface area contributed by atoms with E-state index in [0.29, 0.717) is 33.5 Å². The minimum absolute atomic E-state index is 0.129. The van der Waals surface area contributed by atoms with Crippen molar-refractivity contribution in [2.75, 3.05) is 0 Å². The highest BCUT2D eigenvalue weighted by molar-refractivity contribution is 6.12. The molecule has 0 unspecified atom stereocenters. The molecule has 14 rings (SSSR count). The molecule has 0 amide bonds. The molecule has 0 aliphatic rings. The predicted octanol–water partition coefficient (Wildman–Crippen LogP) is 15.0. The van der Waals surface area contributed by atoms with E-state index in [9.17, 15) is 11.0 Å². The summed E-state index contributed by atoms with van der Waals surface area (Å²) in [6, 6.07) is 25.5. The van der Waals surface area contributed by atoms with Crippen molar-refractivity contribution in [2.24, 2.45) is 0 Å². The summed E-state index contributed by atoms with van der Waals surface area (Å²) < 4.78 is 157. The van der Waals surface area contributed by atoms with Gasteiger partial charge in [-0.1, -0.05) is 145 Å². The smallest absolute Gasteiger partial charge is 0.166 e. The van der Waals surface area contributed by atoms with Crippen LogP contribution >= 0.6 is 0 Å². The highest BCUT2D eigenvalue weighted by atomic mass is 16.3. The van der Waals surface area contributed by atoms with Crippen LogP contribution in [0.15, 0.2) is 216 Å². The average Bonchev–Trinajstić information content (AvgIpc) is 3.82. The number of hydrogen-bond donors (Lipinski definition) is 0.